The van der Waals surface area contributed by atoms with Crippen LogP contribution in [0.3, 0.4) is 0 Å². The van der Waals surface area contributed by atoms with Crippen molar-refractivity contribution >= 4 is 27.5 Å². The first-order valence-corrected chi connectivity index (χ1v) is 9.86. The van der Waals surface area contributed by atoms with Gasteiger partial charge in [0.2, 0.25) is 0 Å². The molecule has 0 aliphatic heterocycles. The maximum absolute atomic E-state index is 12.5. The Morgan fingerprint density at radius 2 is 1.72 bits per heavy atom. The van der Waals surface area contributed by atoms with Crippen molar-refractivity contribution in [1.82, 2.24) is 9.78 Å². The number of hydrogen-bond acceptors (Lipinski definition) is 3. The summed E-state index contributed by atoms with van der Waals surface area (Å²) in [6.07, 6.45) is 3.60. The first kappa shape index (κ1) is 19.0. The molecule has 0 unspecified atom stereocenters. The molecule has 0 spiro atoms. The Kier molecular flexibility index (Phi) is 5.72. The van der Waals surface area contributed by atoms with E-state index in [1.807, 2.05) is 72.9 Å². The lowest BCUT2D eigenvalue weighted by Crippen LogP contribution is -2.12. The third-order valence-corrected chi connectivity index (χ3v) is 5.00. The number of anilines is 1. The molecule has 3 aromatic carbocycles. The highest BCUT2D eigenvalue weighted by Crippen LogP contribution is 2.24. The molecule has 4 aromatic rings. The summed E-state index contributed by atoms with van der Waals surface area (Å²) in [4.78, 5) is 12.5. The van der Waals surface area contributed by atoms with Crippen molar-refractivity contribution in [2.45, 2.75) is 6.61 Å². The molecule has 0 aliphatic rings. The van der Waals surface area contributed by atoms with Crippen LogP contribution in [-0.2, 0) is 6.61 Å². The molecule has 0 saturated heterocycles. The van der Waals surface area contributed by atoms with Crippen molar-refractivity contribution in [3.63, 3.8) is 0 Å². The van der Waals surface area contributed by atoms with Crippen molar-refractivity contribution in [2.75, 3.05) is 5.32 Å². The van der Waals surface area contributed by atoms with Gasteiger partial charge in [-0.2, -0.15) is 5.10 Å². The van der Waals surface area contributed by atoms with Gasteiger partial charge in [0, 0.05) is 23.6 Å². The third-order valence-electron chi connectivity index (χ3n) is 4.34. The normalized spacial score (nSPS) is 10.5. The monoisotopic (exact) mass is 447 g/mol. The van der Waals surface area contributed by atoms with Gasteiger partial charge in [-0.1, -0.05) is 24.3 Å². The van der Waals surface area contributed by atoms with Crippen LogP contribution in [0.4, 0.5) is 5.69 Å². The zero-order valence-electron chi connectivity index (χ0n) is 15.5. The lowest BCUT2D eigenvalue weighted by atomic mass is 10.1. The second-order valence-corrected chi connectivity index (χ2v) is 7.22. The van der Waals surface area contributed by atoms with Gasteiger partial charge in [-0.15, -0.1) is 0 Å². The Balaban J connectivity index is 1.36. The summed E-state index contributed by atoms with van der Waals surface area (Å²) in [7, 11) is 0. The summed E-state index contributed by atoms with van der Waals surface area (Å²) in [5, 5.41) is 7.10. The average Bonchev–Trinajstić information content (AvgIpc) is 3.29. The van der Waals surface area contributed by atoms with Gasteiger partial charge < -0.3 is 10.1 Å². The van der Waals surface area contributed by atoms with Gasteiger partial charge in [-0.25, -0.2) is 4.68 Å². The van der Waals surface area contributed by atoms with E-state index in [0.717, 1.165) is 27.2 Å². The number of carbonyl (C=O) groups excluding carboxylic acids is 1. The van der Waals surface area contributed by atoms with E-state index in [0.29, 0.717) is 12.2 Å². The van der Waals surface area contributed by atoms with Crippen molar-refractivity contribution in [1.29, 1.82) is 0 Å². The number of rotatable bonds is 6. The van der Waals surface area contributed by atoms with Gasteiger partial charge in [0.15, 0.2) is 0 Å². The highest BCUT2D eigenvalue weighted by Gasteiger charge is 2.07. The first-order chi connectivity index (χ1) is 14.2. The molecule has 0 aliphatic carbocycles. The van der Waals surface area contributed by atoms with Crippen LogP contribution in [0, 0.1) is 0 Å². The third kappa shape index (κ3) is 4.73. The Hall–Kier alpha value is -3.38. The number of carbonyl (C=O) groups is 1. The van der Waals surface area contributed by atoms with E-state index in [2.05, 4.69) is 26.3 Å². The van der Waals surface area contributed by atoms with Crippen molar-refractivity contribution in [3.8, 4) is 11.4 Å². The van der Waals surface area contributed by atoms with E-state index in [1.54, 1.807) is 23.0 Å². The maximum atomic E-state index is 12.5. The molecule has 0 fully saturated rings. The van der Waals surface area contributed by atoms with E-state index >= 15 is 0 Å². The largest absolute Gasteiger partial charge is 0.488 e. The first-order valence-electron chi connectivity index (χ1n) is 9.07. The van der Waals surface area contributed by atoms with Crippen molar-refractivity contribution in [3.05, 3.63) is 107 Å². The summed E-state index contributed by atoms with van der Waals surface area (Å²) < 4.78 is 8.48. The summed E-state index contributed by atoms with van der Waals surface area (Å²) in [5.74, 6) is 0.628. The molecule has 0 atom stereocenters. The number of aromatic nitrogens is 2. The van der Waals surface area contributed by atoms with Crippen LogP contribution in [0.15, 0.2) is 95.7 Å². The summed E-state index contributed by atoms with van der Waals surface area (Å²) in [6, 6.07) is 24.5. The number of benzene rings is 3. The molecule has 1 N–H and O–H groups in total. The van der Waals surface area contributed by atoms with Crippen molar-refractivity contribution < 1.29 is 9.53 Å². The minimum atomic E-state index is -0.157. The molecule has 0 saturated carbocycles. The Morgan fingerprint density at radius 1 is 0.966 bits per heavy atom. The lowest BCUT2D eigenvalue weighted by Gasteiger charge is -2.09. The summed E-state index contributed by atoms with van der Waals surface area (Å²) in [6.45, 7) is 0.430. The Morgan fingerprint density at radius 3 is 2.41 bits per heavy atom. The average molecular weight is 448 g/mol. The molecule has 5 nitrogen and oxygen atoms in total. The van der Waals surface area contributed by atoms with Crippen LogP contribution in [0.5, 0.6) is 5.75 Å². The fourth-order valence-corrected chi connectivity index (χ4v) is 3.20. The van der Waals surface area contributed by atoms with Gasteiger partial charge in [0.05, 0.1) is 10.2 Å². The van der Waals surface area contributed by atoms with E-state index in [4.69, 9.17) is 4.74 Å². The number of nitrogens with zero attached hydrogens (tertiary/aromatic N) is 2. The Labute approximate surface area is 177 Å². The highest BCUT2D eigenvalue weighted by atomic mass is 79.9. The fraction of sp³-hybridized carbons (Fsp3) is 0.0435. The number of amides is 1. The van der Waals surface area contributed by atoms with Crippen molar-refractivity contribution in [2.24, 2.45) is 0 Å². The van der Waals surface area contributed by atoms with E-state index < -0.39 is 0 Å². The van der Waals surface area contributed by atoms with Crippen LogP contribution < -0.4 is 10.1 Å². The molecule has 144 valence electrons. The second-order valence-electron chi connectivity index (χ2n) is 6.37. The van der Waals surface area contributed by atoms with Gasteiger partial charge in [0.1, 0.15) is 12.4 Å². The van der Waals surface area contributed by atoms with Crippen LogP contribution in [0.1, 0.15) is 15.9 Å². The number of halogens is 1. The SMILES string of the molecule is O=C(Nc1ccc(-n2cccn2)cc1)c1ccc(COc2ccccc2Br)cc1. The molecule has 1 amide bonds. The summed E-state index contributed by atoms with van der Waals surface area (Å²) in [5.41, 5.74) is 3.24. The smallest absolute Gasteiger partial charge is 0.255 e. The molecule has 0 bridgehead atoms. The summed E-state index contributed by atoms with van der Waals surface area (Å²) >= 11 is 3.46. The molecule has 29 heavy (non-hydrogen) atoms. The van der Waals surface area contributed by atoms with Crippen LogP contribution >= 0.6 is 15.9 Å². The number of para-hydroxylation sites is 1. The van der Waals surface area contributed by atoms with Crippen LogP contribution in [0.25, 0.3) is 5.69 Å². The predicted octanol–water partition coefficient (Wildman–Crippen LogP) is 5.47. The lowest BCUT2D eigenvalue weighted by molar-refractivity contribution is 0.102. The predicted molar refractivity (Wildman–Crippen MR) is 116 cm³/mol. The van der Waals surface area contributed by atoms with Gasteiger partial charge >= 0.3 is 0 Å². The van der Waals surface area contributed by atoms with E-state index in [-0.39, 0.29) is 5.91 Å². The zero-order valence-corrected chi connectivity index (χ0v) is 17.0. The number of ether oxygens (including phenoxy) is 1. The van der Waals surface area contributed by atoms with Gasteiger partial charge in [0.25, 0.3) is 5.91 Å². The molecule has 4 rings (SSSR count). The van der Waals surface area contributed by atoms with Gasteiger partial charge in [-0.3, -0.25) is 4.79 Å². The molecule has 1 heterocycles. The molecule has 0 radical (unpaired) electrons. The molecule has 1 aromatic heterocycles. The van der Waals surface area contributed by atoms with Crippen LogP contribution in [0.2, 0.25) is 0 Å². The van der Waals surface area contributed by atoms with Gasteiger partial charge in [-0.05, 0) is 76.1 Å². The number of nitrogens with one attached hydrogen (secondary N) is 1. The van der Waals surface area contributed by atoms with E-state index in [9.17, 15) is 4.79 Å². The minimum absolute atomic E-state index is 0.157. The number of hydrogen-bond donors (Lipinski definition) is 1. The topological polar surface area (TPSA) is 56.2 Å². The quantitative estimate of drug-likeness (QED) is 0.426. The fourth-order valence-electron chi connectivity index (χ4n) is 2.80. The van der Waals surface area contributed by atoms with Crippen LogP contribution in [-0.4, -0.2) is 15.7 Å². The van der Waals surface area contributed by atoms with E-state index in [1.165, 1.54) is 0 Å². The zero-order chi connectivity index (χ0) is 20.1. The molecular weight excluding hydrogens is 430 g/mol. The minimum Gasteiger partial charge on any atom is -0.488 e. The molecular formula is C23H18BrN3O2. The molecule has 6 heteroatoms. The highest BCUT2D eigenvalue weighted by molar-refractivity contribution is 9.10. The Bertz CT molecular complexity index is 1090. The standard InChI is InChI=1S/C23H18BrN3O2/c24-21-4-1-2-5-22(21)29-16-17-6-8-18(9-7-17)23(28)26-19-10-12-20(13-11-19)27-15-3-14-25-27/h1-15H,16H2,(H,26,28). The second kappa shape index (κ2) is 8.75. The maximum Gasteiger partial charge on any atom is 0.255 e.